The van der Waals surface area contributed by atoms with Crippen molar-refractivity contribution in [2.75, 3.05) is 19.5 Å². The zero-order chi connectivity index (χ0) is 19.9. The number of carbonyl (C=O) groups excluding carboxylic acids is 1. The molecule has 0 aliphatic rings. The molecule has 3 aromatic rings. The summed E-state index contributed by atoms with van der Waals surface area (Å²) in [6.07, 6.45) is 1.72. The van der Waals surface area contributed by atoms with Crippen molar-refractivity contribution >= 4 is 22.4 Å². The number of rotatable bonds is 8. The first kappa shape index (κ1) is 19.9. The number of amides is 1. The number of thiazole rings is 1. The minimum absolute atomic E-state index is 0.0318. The summed E-state index contributed by atoms with van der Waals surface area (Å²) in [6.45, 7) is 2.08. The summed E-state index contributed by atoms with van der Waals surface area (Å²) in [6, 6.07) is 15.5. The van der Waals surface area contributed by atoms with E-state index < -0.39 is 0 Å². The first-order valence-corrected chi connectivity index (χ1v) is 10.1. The van der Waals surface area contributed by atoms with Crippen molar-refractivity contribution in [3.63, 3.8) is 0 Å². The van der Waals surface area contributed by atoms with Crippen LogP contribution in [0.25, 0.3) is 11.3 Å². The van der Waals surface area contributed by atoms with Crippen molar-refractivity contribution in [2.45, 2.75) is 25.7 Å². The average Bonchev–Trinajstić information content (AvgIpc) is 3.20. The van der Waals surface area contributed by atoms with Crippen LogP contribution in [0.5, 0.6) is 11.5 Å². The summed E-state index contributed by atoms with van der Waals surface area (Å²) in [5.74, 6) is 1.18. The maximum Gasteiger partial charge on any atom is 0.233 e. The number of methoxy groups -OCH3 is 2. The lowest BCUT2D eigenvalue weighted by Crippen LogP contribution is -2.21. The summed E-state index contributed by atoms with van der Waals surface area (Å²) >= 11 is 1.40. The maximum atomic E-state index is 12.9. The van der Waals surface area contributed by atoms with Gasteiger partial charge in [-0.1, -0.05) is 43.7 Å². The Morgan fingerprint density at radius 2 is 1.93 bits per heavy atom. The molecule has 1 unspecified atom stereocenters. The van der Waals surface area contributed by atoms with Gasteiger partial charge >= 0.3 is 0 Å². The summed E-state index contributed by atoms with van der Waals surface area (Å²) in [7, 11) is 3.23. The van der Waals surface area contributed by atoms with Gasteiger partial charge < -0.3 is 14.8 Å². The predicted octanol–water partition coefficient (Wildman–Crippen LogP) is 5.35. The molecule has 28 heavy (non-hydrogen) atoms. The summed E-state index contributed by atoms with van der Waals surface area (Å²) in [5, 5.41) is 5.47. The molecule has 0 bridgehead atoms. The average molecular weight is 397 g/mol. The molecular formula is C22H24N2O3S. The Kier molecular flexibility index (Phi) is 6.66. The molecule has 146 valence electrons. The second kappa shape index (κ2) is 9.37. The molecule has 0 aliphatic heterocycles. The fraction of sp³-hybridized carbons (Fsp3) is 0.273. The van der Waals surface area contributed by atoms with E-state index in [1.165, 1.54) is 11.3 Å². The fourth-order valence-corrected chi connectivity index (χ4v) is 3.79. The molecule has 1 aromatic heterocycles. The first-order valence-electron chi connectivity index (χ1n) is 9.20. The van der Waals surface area contributed by atoms with E-state index in [-0.39, 0.29) is 11.8 Å². The Morgan fingerprint density at radius 3 is 2.61 bits per heavy atom. The number of ether oxygens (including phenoxy) is 2. The van der Waals surface area contributed by atoms with Gasteiger partial charge in [0.2, 0.25) is 5.91 Å². The van der Waals surface area contributed by atoms with E-state index in [1.54, 1.807) is 14.2 Å². The van der Waals surface area contributed by atoms with Crippen LogP contribution >= 0.6 is 11.3 Å². The lowest BCUT2D eigenvalue weighted by Gasteiger charge is -2.15. The van der Waals surface area contributed by atoms with Crippen LogP contribution in [0.1, 0.15) is 31.2 Å². The van der Waals surface area contributed by atoms with Gasteiger partial charge in [0.15, 0.2) is 5.13 Å². The number of nitrogens with one attached hydrogen (secondary N) is 1. The highest BCUT2D eigenvalue weighted by molar-refractivity contribution is 7.14. The topological polar surface area (TPSA) is 60.5 Å². The molecule has 0 saturated heterocycles. The van der Waals surface area contributed by atoms with Gasteiger partial charge in [0, 0.05) is 17.0 Å². The summed E-state index contributed by atoms with van der Waals surface area (Å²) in [5.41, 5.74) is 2.63. The van der Waals surface area contributed by atoms with E-state index in [1.807, 2.05) is 53.9 Å². The molecule has 0 spiro atoms. The van der Waals surface area contributed by atoms with E-state index >= 15 is 0 Å². The Labute approximate surface area is 169 Å². The van der Waals surface area contributed by atoms with Crippen molar-refractivity contribution in [1.82, 2.24) is 4.98 Å². The van der Waals surface area contributed by atoms with Crippen molar-refractivity contribution in [1.29, 1.82) is 0 Å². The molecule has 3 rings (SSSR count). The minimum atomic E-state index is -0.186. The molecule has 1 atom stereocenters. The monoisotopic (exact) mass is 396 g/mol. The van der Waals surface area contributed by atoms with Crippen LogP contribution in [0, 0.1) is 0 Å². The van der Waals surface area contributed by atoms with Gasteiger partial charge in [-0.2, -0.15) is 0 Å². The number of aromatic nitrogens is 1. The van der Waals surface area contributed by atoms with Crippen LogP contribution in [-0.2, 0) is 4.79 Å². The highest BCUT2D eigenvalue weighted by atomic mass is 32.1. The zero-order valence-corrected chi connectivity index (χ0v) is 17.1. The van der Waals surface area contributed by atoms with Gasteiger partial charge in [0.25, 0.3) is 0 Å². The van der Waals surface area contributed by atoms with Gasteiger partial charge in [0.05, 0.1) is 25.8 Å². The third-order valence-corrected chi connectivity index (χ3v) is 5.27. The second-order valence-electron chi connectivity index (χ2n) is 6.35. The van der Waals surface area contributed by atoms with Crippen molar-refractivity contribution in [3.05, 3.63) is 59.5 Å². The van der Waals surface area contributed by atoms with Crippen LogP contribution in [-0.4, -0.2) is 25.1 Å². The molecule has 0 saturated carbocycles. The van der Waals surface area contributed by atoms with Gasteiger partial charge in [-0.05, 0) is 24.1 Å². The highest BCUT2D eigenvalue weighted by Gasteiger charge is 2.21. The number of benzene rings is 2. The molecule has 1 N–H and O–H groups in total. The molecule has 1 amide bonds. The third-order valence-electron chi connectivity index (χ3n) is 4.51. The lowest BCUT2D eigenvalue weighted by molar-refractivity contribution is -0.117. The Balaban J connectivity index is 1.79. The first-order chi connectivity index (χ1) is 13.7. The number of nitrogens with zero attached hydrogens (tertiary/aromatic N) is 1. The number of hydrogen-bond donors (Lipinski definition) is 1. The lowest BCUT2D eigenvalue weighted by atomic mass is 9.94. The van der Waals surface area contributed by atoms with Crippen LogP contribution in [0.15, 0.2) is 53.9 Å². The van der Waals surface area contributed by atoms with Gasteiger partial charge in [-0.3, -0.25) is 4.79 Å². The fourth-order valence-electron chi connectivity index (χ4n) is 3.08. The van der Waals surface area contributed by atoms with Crippen LogP contribution in [0.2, 0.25) is 0 Å². The smallest absolute Gasteiger partial charge is 0.233 e. The number of anilines is 1. The number of carbonyl (C=O) groups is 1. The molecule has 6 heteroatoms. The molecule has 1 heterocycles. The molecule has 5 nitrogen and oxygen atoms in total. The van der Waals surface area contributed by atoms with E-state index in [0.29, 0.717) is 10.9 Å². The van der Waals surface area contributed by atoms with E-state index in [9.17, 15) is 4.79 Å². The quantitative estimate of drug-likeness (QED) is 0.558. The predicted molar refractivity (Wildman–Crippen MR) is 113 cm³/mol. The molecule has 2 aromatic carbocycles. The Morgan fingerprint density at radius 1 is 1.14 bits per heavy atom. The number of hydrogen-bond acceptors (Lipinski definition) is 5. The second-order valence-corrected chi connectivity index (χ2v) is 7.20. The van der Waals surface area contributed by atoms with Crippen molar-refractivity contribution in [3.8, 4) is 22.8 Å². The zero-order valence-electron chi connectivity index (χ0n) is 16.3. The van der Waals surface area contributed by atoms with Crippen LogP contribution in [0.3, 0.4) is 0 Å². The largest absolute Gasteiger partial charge is 0.497 e. The SMILES string of the molecule is CCCC(C(=O)Nc1nc(-c2ccc(OC)cc2OC)cs1)c1ccccc1. The van der Waals surface area contributed by atoms with E-state index in [0.717, 1.165) is 35.4 Å². The van der Waals surface area contributed by atoms with E-state index in [2.05, 4.69) is 17.2 Å². The van der Waals surface area contributed by atoms with Crippen molar-refractivity contribution < 1.29 is 14.3 Å². The third kappa shape index (κ3) is 4.51. The standard InChI is InChI=1S/C22H24N2O3S/c1-4-8-17(15-9-6-5-7-10-15)21(25)24-22-23-19(14-28-22)18-12-11-16(26-2)13-20(18)27-3/h5-7,9-14,17H,4,8H2,1-3H3,(H,23,24,25). The molecular weight excluding hydrogens is 372 g/mol. The highest BCUT2D eigenvalue weighted by Crippen LogP contribution is 2.35. The molecule has 0 radical (unpaired) electrons. The summed E-state index contributed by atoms with van der Waals surface area (Å²) < 4.78 is 10.7. The Hall–Kier alpha value is -2.86. The van der Waals surface area contributed by atoms with E-state index in [4.69, 9.17) is 9.47 Å². The van der Waals surface area contributed by atoms with Crippen LogP contribution in [0.4, 0.5) is 5.13 Å². The minimum Gasteiger partial charge on any atom is -0.497 e. The molecule has 0 fully saturated rings. The van der Waals surface area contributed by atoms with Gasteiger partial charge in [0.1, 0.15) is 11.5 Å². The summed E-state index contributed by atoms with van der Waals surface area (Å²) in [4.78, 5) is 17.5. The van der Waals surface area contributed by atoms with Gasteiger partial charge in [-0.25, -0.2) is 4.98 Å². The maximum absolute atomic E-state index is 12.9. The van der Waals surface area contributed by atoms with Crippen LogP contribution < -0.4 is 14.8 Å². The molecule has 0 aliphatic carbocycles. The normalized spacial score (nSPS) is 11.7. The van der Waals surface area contributed by atoms with Crippen molar-refractivity contribution in [2.24, 2.45) is 0 Å². The van der Waals surface area contributed by atoms with Gasteiger partial charge in [-0.15, -0.1) is 11.3 Å². The Bertz CT molecular complexity index is 925.